The third-order valence-corrected chi connectivity index (χ3v) is 3.38. The Balaban J connectivity index is 2.01. The molecule has 0 aliphatic heterocycles. The zero-order chi connectivity index (χ0) is 13.2. The van der Waals surface area contributed by atoms with Gasteiger partial charge >= 0.3 is 6.03 Å². The van der Waals surface area contributed by atoms with E-state index >= 15 is 0 Å². The highest BCUT2D eigenvalue weighted by molar-refractivity contribution is 6.31. The number of hydrogen-bond acceptors (Lipinski definition) is 2. The van der Waals surface area contributed by atoms with Crippen molar-refractivity contribution in [1.29, 1.82) is 0 Å². The molecule has 1 aliphatic rings. The second-order valence-electron chi connectivity index (χ2n) is 4.75. The van der Waals surface area contributed by atoms with Crippen LogP contribution in [0.15, 0.2) is 24.3 Å². The Labute approximate surface area is 111 Å². The molecule has 4 nitrogen and oxygen atoms in total. The lowest BCUT2D eigenvalue weighted by molar-refractivity contribution is 0.186. The van der Waals surface area contributed by atoms with Crippen molar-refractivity contribution in [1.82, 2.24) is 10.6 Å². The number of halogens is 1. The number of nitrogens with one attached hydrogen (secondary N) is 2. The fourth-order valence-electron chi connectivity index (χ4n) is 1.94. The average Bonchev–Trinajstić information content (AvgIpc) is 3.08. The number of aliphatic hydroxyl groups is 1. The molecule has 1 atom stereocenters. The van der Waals surface area contributed by atoms with E-state index < -0.39 is 6.10 Å². The molecule has 1 fully saturated rings. The van der Waals surface area contributed by atoms with Crippen molar-refractivity contribution in [3.05, 3.63) is 34.9 Å². The van der Waals surface area contributed by atoms with Crippen molar-refractivity contribution >= 4 is 17.6 Å². The van der Waals surface area contributed by atoms with Crippen LogP contribution in [0.1, 0.15) is 25.3 Å². The van der Waals surface area contributed by atoms with Crippen LogP contribution in [0.25, 0.3) is 0 Å². The molecule has 18 heavy (non-hydrogen) atoms. The number of amides is 2. The van der Waals surface area contributed by atoms with Gasteiger partial charge in [0.05, 0.1) is 11.6 Å². The summed E-state index contributed by atoms with van der Waals surface area (Å²) < 4.78 is 0. The van der Waals surface area contributed by atoms with Gasteiger partial charge in [0.2, 0.25) is 0 Å². The van der Waals surface area contributed by atoms with Crippen molar-refractivity contribution in [2.75, 3.05) is 6.54 Å². The van der Waals surface area contributed by atoms with E-state index in [1.165, 1.54) is 0 Å². The number of urea groups is 1. The summed E-state index contributed by atoms with van der Waals surface area (Å²) in [7, 11) is 0. The molecule has 1 unspecified atom stereocenters. The molecular weight excluding hydrogens is 252 g/mol. The van der Waals surface area contributed by atoms with Crippen molar-refractivity contribution in [2.24, 2.45) is 0 Å². The van der Waals surface area contributed by atoms with E-state index in [1.807, 2.05) is 24.3 Å². The third kappa shape index (κ3) is 2.94. The maximum absolute atomic E-state index is 11.7. The van der Waals surface area contributed by atoms with Crippen LogP contribution in [-0.4, -0.2) is 23.8 Å². The van der Waals surface area contributed by atoms with Gasteiger partial charge in [0.15, 0.2) is 0 Å². The van der Waals surface area contributed by atoms with E-state index in [2.05, 4.69) is 10.6 Å². The number of hydrogen-bond donors (Lipinski definition) is 3. The predicted molar refractivity (Wildman–Crippen MR) is 70.6 cm³/mol. The molecule has 0 saturated heterocycles. The molecule has 2 rings (SSSR count). The van der Waals surface area contributed by atoms with Gasteiger partial charge in [0, 0.05) is 11.6 Å². The molecule has 1 aliphatic carbocycles. The van der Waals surface area contributed by atoms with Gasteiger partial charge in [0.25, 0.3) is 0 Å². The maximum Gasteiger partial charge on any atom is 0.315 e. The fraction of sp³-hybridized carbons (Fsp3) is 0.462. The van der Waals surface area contributed by atoms with Crippen molar-refractivity contribution in [3.8, 4) is 0 Å². The van der Waals surface area contributed by atoms with Crippen LogP contribution in [0.4, 0.5) is 4.79 Å². The Morgan fingerprint density at radius 2 is 2.17 bits per heavy atom. The van der Waals surface area contributed by atoms with E-state index in [0.29, 0.717) is 5.02 Å². The highest BCUT2D eigenvalue weighted by Gasteiger charge is 2.46. The van der Waals surface area contributed by atoms with Gasteiger partial charge in [-0.3, -0.25) is 0 Å². The molecule has 1 saturated carbocycles. The number of rotatable bonds is 4. The summed E-state index contributed by atoms with van der Waals surface area (Å²) in [5.41, 5.74) is 0.625. The minimum absolute atomic E-state index is 0.241. The van der Waals surface area contributed by atoms with Crippen molar-refractivity contribution in [3.63, 3.8) is 0 Å². The summed E-state index contributed by atoms with van der Waals surface area (Å²) in [6.07, 6.45) is 1.23. The summed E-state index contributed by atoms with van der Waals surface area (Å²) in [6, 6.07) is 7.27. The summed E-state index contributed by atoms with van der Waals surface area (Å²) in [5, 5.41) is 15.3. The lowest BCUT2D eigenvalue weighted by atomic mass is 10.1. The SMILES string of the molecule is CC(O)CNC(=O)NC1(c2ccccc2Cl)CC1. The van der Waals surface area contributed by atoms with Gasteiger partial charge in [-0.05, 0) is 31.4 Å². The van der Waals surface area contributed by atoms with Crippen LogP contribution in [0.2, 0.25) is 5.02 Å². The van der Waals surface area contributed by atoms with Crippen LogP contribution < -0.4 is 10.6 Å². The van der Waals surface area contributed by atoms with Crippen molar-refractivity contribution in [2.45, 2.75) is 31.4 Å². The molecule has 0 heterocycles. The second kappa shape index (κ2) is 5.16. The van der Waals surface area contributed by atoms with E-state index in [9.17, 15) is 4.79 Å². The van der Waals surface area contributed by atoms with E-state index in [4.69, 9.17) is 16.7 Å². The summed E-state index contributed by atoms with van der Waals surface area (Å²) in [5.74, 6) is 0. The Hall–Kier alpha value is -1.26. The Morgan fingerprint density at radius 1 is 1.50 bits per heavy atom. The highest BCUT2D eigenvalue weighted by atomic mass is 35.5. The van der Waals surface area contributed by atoms with Gasteiger partial charge in [-0.2, -0.15) is 0 Å². The first kappa shape index (κ1) is 13.2. The molecule has 0 bridgehead atoms. The molecular formula is C13H17ClN2O2. The first-order valence-electron chi connectivity index (χ1n) is 6.02. The van der Waals surface area contributed by atoms with Gasteiger partial charge < -0.3 is 15.7 Å². The highest BCUT2D eigenvalue weighted by Crippen LogP contribution is 2.47. The van der Waals surface area contributed by atoms with Crippen LogP contribution >= 0.6 is 11.6 Å². The Bertz CT molecular complexity index is 444. The summed E-state index contributed by atoms with van der Waals surface area (Å²) in [6.45, 7) is 1.87. The van der Waals surface area contributed by atoms with Crippen LogP contribution in [0.3, 0.4) is 0 Å². The fourth-order valence-corrected chi connectivity index (χ4v) is 2.25. The zero-order valence-electron chi connectivity index (χ0n) is 10.2. The minimum Gasteiger partial charge on any atom is -0.392 e. The van der Waals surface area contributed by atoms with Crippen LogP contribution in [0, 0.1) is 0 Å². The first-order valence-corrected chi connectivity index (χ1v) is 6.40. The van der Waals surface area contributed by atoms with E-state index in [0.717, 1.165) is 18.4 Å². The zero-order valence-corrected chi connectivity index (χ0v) is 11.0. The van der Waals surface area contributed by atoms with Crippen LogP contribution in [-0.2, 0) is 5.54 Å². The molecule has 3 N–H and O–H groups in total. The molecule has 2 amide bonds. The largest absolute Gasteiger partial charge is 0.392 e. The van der Waals surface area contributed by atoms with E-state index in [1.54, 1.807) is 6.92 Å². The van der Waals surface area contributed by atoms with Crippen molar-refractivity contribution < 1.29 is 9.90 Å². The van der Waals surface area contributed by atoms with Gasteiger partial charge in [0.1, 0.15) is 0 Å². The second-order valence-corrected chi connectivity index (χ2v) is 5.15. The third-order valence-electron chi connectivity index (χ3n) is 3.05. The average molecular weight is 269 g/mol. The lowest BCUT2D eigenvalue weighted by Gasteiger charge is -2.20. The van der Waals surface area contributed by atoms with Gasteiger partial charge in [-0.25, -0.2) is 4.79 Å². The Morgan fingerprint density at radius 3 is 2.72 bits per heavy atom. The molecule has 5 heteroatoms. The predicted octanol–water partition coefficient (Wildman–Crippen LogP) is 2.01. The van der Waals surface area contributed by atoms with Crippen LogP contribution in [0.5, 0.6) is 0 Å². The van der Waals surface area contributed by atoms with E-state index in [-0.39, 0.29) is 18.1 Å². The Kier molecular flexibility index (Phi) is 3.78. The number of benzene rings is 1. The monoisotopic (exact) mass is 268 g/mol. The maximum atomic E-state index is 11.7. The van der Waals surface area contributed by atoms with Gasteiger partial charge in [-0.15, -0.1) is 0 Å². The molecule has 0 radical (unpaired) electrons. The number of carbonyl (C=O) groups is 1. The molecule has 98 valence electrons. The first-order chi connectivity index (χ1) is 8.53. The normalized spacial score (nSPS) is 17.9. The number of aliphatic hydroxyl groups excluding tert-OH is 1. The molecule has 1 aromatic carbocycles. The molecule has 0 aromatic heterocycles. The number of carbonyl (C=O) groups excluding carboxylic acids is 1. The van der Waals surface area contributed by atoms with Gasteiger partial charge in [-0.1, -0.05) is 29.8 Å². The molecule has 1 aromatic rings. The minimum atomic E-state index is -0.550. The topological polar surface area (TPSA) is 61.4 Å². The standard InChI is InChI=1S/C13H17ClN2O2/c1-9(17)8-15-12(18)16-13(6-7-13)10-4-2-3-5-11(10)14/h2-5,9,17H,6-8H2,1H3,(H2,15,16,18). The molecule has 0 spiro atoms. The smallest absolute Gasteiger partial charge is 0.315 e. The lowest BCUT2D eigenvalue weighted by Crippen LogP contribution is -2.44. The quantitative estimate of drug-likeness (QED) is 0.782. The summed E-state index contributed by atoms with van der Waals surface area (Å²) in [4.78, 5) is 11.7. The summed E-state index contributed by atoms with van der Waals surface area (Å²) >= 11 is 6.15.